The molecule has 2 aromatic rings. The first-order valence-corrected chi connectivity index (χ1v) is 5.90. The van der Waals surface area contributed by atoms with Gasteiger partial charge < -0.3 is 5.11 Å². The zero-order valence-electron chi connectivity index (χ0n) is 8.90. The molecule has 0 amide bonds. The molecule has 1 nitrogen and oxygen atoms in total. The molecule has 78 valence electrons. The summed E-state index contributed by atoms with van der Waals surface area (Å²) in [6, 6.07) is 7.97. The highest BCUT2D eigenvalue weighted by atomic mass is 32.1. The molecule has 1 heterocycles. The Bertz CT molecular complexity index is 459. The first-order valence-electron chi connectivity index (χ1n) is 4.96. The van der Waals surface area contributed by atoms with Gasteiger partial charge >= 0.3 is 0 Å². The van der Waals surface area contributed by atoms with Crippen molar-refractivity contribution >= 4 is 11.3 Å². The molecule has 0 bridgehead atoms. The Morgan fingerprint density at radius 2 is 1.73 bits per heavy atom. The number of aryl methyl sites for hydroxylation is 2. The molecule has 0 spiro atoms. The maximum absolute atomic E-state index is 10.2. The Labute approximate surface area is 94.0 Å². The van der Waals surface area contributed by atoms with Gasteiger partial charge in [0.05, 0.1) is 0 Å². The Balaban J connectivity index is 2.41. The number of aliphatic hydroxyl groups excluding tert-OH is 1. The standard InChI is InChI=1S/C13H14OS/c1-9-5-3-4-6-11(9)13(14)12-8-15-7-10(12)2/h3-8,13-14H,1-2H3. The van der Waals surface area contributed by atoms with Gasteiger partial charge in [-0.05, 0) is 46.9 Å². The first-order chi connectivity index (χ1) is 7.20. The largest absolute Gasteiger partial charge is 0.384 e. The minimum absolute atomic E-state index is 0.488. The molecule has 2 rings (SSSR count). The lowest BCUT2D eigenvalue weighted by molar-refractivity contribution is 0.219. The third-order valence-corrected chi connectivity index (χ3v) is 3.55. The van der Waals surface area contributed by atoms with Crippen molar-refractivity contribution in [2.75, 3.05) is 0 Å². The number of aliphatic hydroxyl groups is 1. The van der Waals surface area contributed by atoms with E-state index in [0.717, 1.165) is 22.3 Å². The average Bonchev–Trinajstić information content (AvgIpc) is 2.64. The zero-order chi connectivity index (χ0) is 10.8. The fraction of sp³-hybridized carbons (Fsp3) is 0.231. The fourth-order valence-corrected chi connectivity index (χ4v) is 2.58. The molecule has 1 N–H and O–H groups in total. The Kier molecular flexibility index (Phi) is 2.89. The van der Waals surface area contributed by atoms with Gasteiger partial charge in [-0.25, -0.2) is 0 Å². The smallest absolute Gasteiger partial charge is 0.105 e. The van der Waals surface area contributed by atoms with Crippen LogP contribution in [-0.2, 0) is 0 Å². The summed E-state index contributed by atoms with van der Waals surface area (Å²) in [7, 11) is 0. The van der Waals surface area contributed by atoms with Gasteiger partial charge in [0, 0.05) is 0 Å². The van der Waals surface area contributed by atoms with Gasteiger partial charge in [0.2, 0.25) is 0 Å². The van der Waals surface area contributed by atoms with Crippen LogP contribution in [0.1, 0.15) is 28.4 Å². The van der Waals surface area contributed by atoms with Crippen molar-refractivity contribution in [3.63, 3.8) is 0 Å². The fourth-order valence-electron chi connectivity index (χ4n) is 1.71. The molecule has 15 heavy (non-hydrogen) atoms. The van der Waals surface area contributed by atoms with E-state index in [4.69, 9.17) is 0 Å². The molecule has 1 aromatic carbocycles. The second-order valence-corrected chi connectivity index (χ2v) is 4.51. The molecule has 0 radical (unpaired) electrons. The SMILES string of the molecule is Cc1ccccc1C(O)c1cscc1C. The topological polar surface area (TPSA) is 20.2 Å². The summed E-state index contributed by atoms with van der Waals surface area (Å²) < 4.78 is 0. The molecule has 0 aliphatic heterocycles. The highest BCUT2D eigenvalue weighted by Crippen LogP contribution is 2.28. The number of benzene rings is 1. The summed E-state index contributed by atoms with van der Waals surface area (Å²) >= 11 is 1.64. The van der Waals surface area contributed by atoms with E-state index in [1.54, 1.807) is 11.3 Å². The molecule has 1 aromatic heterocycles. The van der Waals surface area contributed by atoms with Gasteiger partial charge in [0.25, 0.3) is 0 Å². The zero-order valence-corrected chi connectivity index (χ0v) is 9.71. The van der Waals surface area contributed by atoms with E-state index in [0.29, 0.717) is 0 Å². The lowest BCUT2D eigenvalue weighted by Crippen LogP contribution is -2.01. The highest BCUT2D eigenvalue weighted by Gasteiger charge is 2.14. The van der Waals surface area contributed by atoms with Crippen LogP contribution in [0, 0.1) is 13.8 Å². The van der Waals surface area contributed by atoms with Gasteiger partial charge in [-0.15, -0.1) is 0 Å². The van der Waals surface area contributed by atoms with Crippen LogP contribution in [0.15, 0.2) is 35.0 Å². The molecular formula is C13H14OS. The van der Waals surface area contributed by atoms with E-state index >= 15 is 0 Å². The van der Waals surface area contributed by atoms with Crippen molar-refractivity contribution in [3.8, 4) is 0 Å². The summed E-state index contributed by atoms with van der Waals surface area (Å²) in [6.45, 7) is 4.06. The van der Waals surface area contributed by atoms with Crippen molar-refractivity contribution in [1.82, 2.24) is 0 Å². The second-order valence-electron chi connectivity index (χ2n) is 3.77. The molecule has 0 saturated heterocycles. The summed E-state index contributed by atoms with van der Waals surface area (Å²) in [6.07, 6.45) is -0.488. The maximum atomic E-state index is 10.2. The van der Waals surface area contributed by atoms with E-state index in [-0.39, 0.29) is 0 Å². The molecule has 1 unspecified atom stereocenters. The van der Waals surface area contributed by atoms with Crippen LogP contribution in [0.5, 0.6) is 0 Å². The number of thiophene rings is 1. The third kappa shape index (κ3) is 1.96. The number of hydrogen-bond donors (Lipinski definition) is 1. The van der Waals surface area contributed by atoms with Gasteiger partial charge in [0.15, 0.2) is 0 Å². The van der Waals surface area contributed by atoms with Crippen LogP contribution >= 0.6 is 11.3 Å². The maximum Gasteiger partial charge on any atom is 0.105 e. The van der Waals surface area contributed by atoms with E-state index in [1.807, 2.05) is 43.5 Å². The van der Waals surface area contributed by atoms with Crippen LogP contribution in [0.25, 0.3) is 0 Å². The Hall–Kier alpha value is -1.12. The summed E-state index contributed by atoms with van der Waals surface area (Å²) in [5.41, 5.74) is 4.32. The van der Waals surface area contributed by atoms with E-state index in [1.165, 1.54) is 0 Å². The normalized spacial score (nSPS) is 12.7. The van der Waals surface area contributed by atoms with Gasteiger partial charge in [0.1, 0.15) is 6.10 Å². The van der Waals surface area contributed by atoms with E-state index in [9.17, 15) is 5.11 Å². The summed E-state index contributed by atoms with van der Waals surface area (Å²) in [4.78, 5) is 0. The van der Waals surface area contributed by atoms with Crippen LogP contribution in [-0.4, -0.2) is 5.11 Å². The van der Waals surface area contributed by atoms with Crippen molar-refractivity contribution in [3.05, 3.63) is 57.3 Å². The molecule has 1 atom stereocenters. The van der Waals surface area contributed by atoms with E-state index < -0.39 is 6.10 Å². The van der Waals surface area contributed by atoms with Crippen LogP contribution in [0.3, 0.4) is 0 Å². The minimum Gasteiger partial charge on any atom is -0.384 e. The highest BCUT2D eigenvalue weighted by molar-refractivity contribution is 7.08. The second kappa shape index (κ2) is 4.17. The van der Waals surface area contributed by atoms with Crippen molar-refractivity contribution < 1.29 is 5.11 Å². The van der Waals surface area contributed by atoms with Crippen molar-refractivity contribution in [2.24, 2.45) is 0 Å². The molecular weight excluding hydrogens is 204 g/mol. The van der Waals surface area contributed by atoms with Crippen molar-refractivity contribution in [2.45, 2.75) is 20.0 Å². The predicted molar refractivity (Wildman–Crippen MR) is 64.3 cm³/mol. The third-order valence-electron chi connectivity index (χ3n) is 2.67. The quantitative estimate of drug-likeness (QED) is 0.818. The number of rotatable bonds is 2. The lowest BCUT2D eigenvalue weighted by Gasteiger charge is -2.13. The molecule has 0 fully saturated rings. The van der Waals surface area contributed by atoms with Gasteiger partial charge in [-0.3, -0.25) is 0 Å². The summed E-state index contributed by atoms with van der Waals surface area (Å²) in [5, 5.41) is 14.3. The van der Waals surface area contributed by atoms with Gasteiger partial charge in [-0.1, -0.05) is 24.3 Å². The monoisotopic (exact) mass is 218 g/mol. The van der Waals surface area contributed by atoms with Crippen molar-refractivity contribution in [1.29, 1.82) is 0 Å². The number of hydrogen-bond acceptors (Lipinski definition) is 2. The molecule has 0 aliphatic rings. The molecule has 0 saturated carbocycles. The van der Waals surface area contributed by atoms with Crippen LogP contribution in [0.4, 0.5) is 0 Å². The first kappa shape index (κ1) is 10.4. The predicted octanol–water partition coefficient (Wildman–Crippen LogP) is 3.45. The Morgan fingerprint density at radius 1 is 1.00 bits per heavy atom. The molecule has 0 aliphatic carbocycles. The summed E-state index contributed by atoms with van der Waals surface area (Å²) in [5.74, 6) is 0. The van der Waals surface area contributed by atoms with E-state index in [2.05, 4.69) is 5.38 Å². The van der Waals surface area contributed by atoms with Gasteiger partial charge in [-0.2, -0.15) is 11.3 Å². The Morgan fingerprint density at radius 3 is 2.33 bits per heavy atom. The minimum atomic E-state index is -0.488. The van der Waals surface area contributed by atoms with Crippen LogP contribution < -0.4 is 0 Å². The average molecular weight is 218 g/mol. The van der Waals surface area contributed by atoms with Crippen LogP contribution in [0.2, 0.25) is 0 Å². The molecule has 2 heteroatoms. The lowest BCUT2D eigenvalue weighted by atomic mass is 9.97.